The third kappa shape index (κ3) is 2.06. The molecule has 5 nitrogen and oxygen atoms in total. The van der Waals surface area contributed by atoms with Crippen LogP contribution in [0.3, 0.4) is 0 Å². The van der Waals surface area contributed by atoms with Crippen LogP contribution in [0.15, 0.2) is 24.3 Å². The third-order valence-corrected chi connectivity index (χ3v) is 2.91. The lowest BCUT2D eigenvalue weighted by atomic mass is 10.3. The van der Waals surface area contributed by atoms with Crippen molar-refractivity contribution in [3.8, 4) is 0 Å². The number of nitro benzene ring substituents is 1. The number of anilines is 1. The molecule has 0 N–H and O–H groups in total. The zero-order valence-corrected chi connectivity index (χ0v) is 8.77. The zero-order valence-electron chi connectivity index (χ0n) is 7.88. The van der Waals surface area contributed by atoms with E-state index >= 15 is 0 Å². The molecule has 1 atom stereocenters. The van der Waals surface area contributed by atoms with E-state index < -0.39 is 12.9 Å². The van der Waals surface area contributed by atoms with Crippen LogP contribution in [0.25, 0.3) is 0 Å². The largest absolute Gasteiger partial charge is 0.458 e. The summed E-state index contributed by atoms with van der Waals surface area (Å²) in [6, 6.07) is 6.23. The van der Waals surface area contributed by atoms with Crippen LogP contribution in [0.1, 0.15) is 0 Å². The summed E-state index contributed by atoms with van der Waals surface area (Å²) in [5, 5.41) is 10.6. The zero-order chi connectivity index (χ0) is 10.7. The third-order valence-electron chi connectivity index (χ3n) is 1.85. The Balaban J connectivity index is 3.19. The van der Waals surface area contributed by atoms with Gasteiger partial charge < -0.3 is 0 Å². The van der Waals surface area contributed by atoms with Gasteiger partial charge in [-0.25, -0.2) is 0 Å². The van der Waals surface area contributed by atoms with Crippen LogP contribution in [-0.4, -0.2) is 18.6 Å². The lowest BCUT2D eigenvalue weighted by Gasteiger charge is -2.05. The molecule has 0 spiro atoms. The Kier molecular flexibility index (Phi) is 3.14. The maximum Gasteiger partial charge on any atom is 0.458 e. The summed E-state index contributed by atoms with van der Waals surface area (Å²) < 4.78 is 12.6. The molecule has 0 bridgehead atoms. The Bertz CT molecular complexity index is 381. The molecule has 6 heteroatoms. The van der Waals surface area contributed by atoms with Gasteiger partial charge in [0.1, 0.15) is 0 Å². The molecule has 1 aromatic carbocycles. The summed E-state index contributed by atoms with van der Waals surface area (Å²) in [5.41, 5.74) is 0.348. The van der Waals surface area contributed by atoms with Gasteiger partial charge >= 0.3 is 7.95 Å². The molecule has 0 aromatic heterocycles. The molecular weight excluding hydrogens is 203 g/mol. The van der Waals surface area contributed by atoms with Gasteiger partial charge in [0.15, 0.2) is 12.4 Å². The summed E-state index contributed by atoms with van der Waals surface area (Å²) in [7, 11) is -0.0296. The van der Waals surface area contributed by atoms with E-state index in [1.807, 2.05) is 0 Å². The molecule has 0 aliphatic heterocycles. The SMILES string of the molecule is CN(c1ccccc1[N+](=O)[O-])[P+](C)=O. The topological polar surface area (TPSA) is 63.4 Å². The van der Waals surface area contributed by atoms with E-state index in [0.717, 1.165) is 0 Å². The number of para-hydroxylation sites is 2. The highest BCUT2D eigenvalue weighted by molar-refractivity contribution is 7.45. The summed E-state index contributed by atoms with van der Waals surface area (Å²) in [6.45, 7) is 1.51. The second kappa shape index (κ2) is 4.15. The van der Waals surface area contributed by atoms with Crippen LogP contribution < -0.4 is 4.67 Å². The maximum absolute atomic E-state index is 11.2. The first-order valence-corrected chi connectivity index (χ1v) is 5.58. The quantitative estimate of drug-likeness (QED) is 0.439. The van der Waals surface area contributed by atoms with Crippen molar-refractivity contribution in [1.29, 1.82) is 0 Å². The average molecular weight is 213 g/mol. The van der Waals surface area contributed by atoms with Crippen LogP contribution >= 0.6 is 7.95 Å². The predicted molar refractivity (Wildman–Crippen MR) is 55.0 cm³/mol. The van der Waals surface area contributed by atoms with Crippen LogP contribution in [-0.2, 0) is 4.57 Å². The van der Waals surface area contributed by atoms with Crippen molar-refractivity contribution < 1.29 is 9.49 Å². The van der Waals surface area contributed by atoms with Gasteiger partial charge in [0, 0.05) is 6.07 Å². The van der Waals surface area contributed by atoms with Crippen molar-refractivity contribution in [1.82, 2.24) is 0 Å². The Labute approximate surface area is 82.3 Å². The second-order valence-corrected chi connectivity index (χ2v) is 4.26. The van der Waals surface area contributed by atoms with Gasteiger partial charge in [-0.05, 0) is 10.6 Å². The average Bonchev–Trinajstić information content (AvgIpc) is 2.16. The summed E-state index contributed by atoms with van der Waals surface area (Å²) in [6.07, 6.45) is 0. The molecule has 0 heterocycles. The van der Waals surface area contributed by atoms with Crippen molar-refractivity contribution in [3.05, 3.63) is 34.4 Å². The van der Waals surface area contributed by atoms with E-state index in [4.69, 9.17) is 0 Å². The van der Waals surface area contributed by atoms with Gasteiger partial charge in [-0.1, -0.05) is 12.1 Å². The van der Waals surface area contributed by atoms with Crippen LogP contribution in [0.5, 0.6) is 0 Å². The fraction of sp³-hybridized carbons (Fsp3) is 0.250. The first kappa shape index (κ1) is 10.6. The smallest absolute Gasteiger partial charge is 0.258 e. The molecular formula is C8H10N2O3P+. The van der Waals surface area contributed by atoms with E-state index in [9.17, 15) is 14.7 Å². The number of nitrogens with zero attached hydrogens (tertiary/aromatic N) is 2. The number of rotatable bonds is 3. The highest BCUT2D eigenvalue weighted by Crippen LogP contribution is 2.34. The van der Waals surface area contributed by atoms with E-state index in [0.29, 0.717) is 5.69 Å². The van der Waals surface area contributed by atoms with Crippen molar-refractivity contribution in [2.24, 2.45) is 0 Å². The molecule has 1 rings (SSSR count). The standard InChI is InChI=1S/C8H10N2O3P/c1-9(14(2)13)7-5-3-4-6-8(7)10(11)12/h3-6H,1-2H3/q+1. The number of nitro groups is 1. The van der Waals surface area contributed by atoms with E-state index in [2.05, 4.69) is 0 Å². The minimum absolute atomic E-state index is 0.0276. The van der Waals surface area contributed by atoms with E-state index in [1.165, 1.54) is 17.4 Å². The summed E-state index contributed by atoms with van der Waals surface area (Å²) in [5.74, 6) is 0. The van der Waals surface area contributed by atoms with Gasteiger partial charge in [0.25, 0.3) is 5.69 Å². The fourth-order valence-corrected chi connectivity index (χ4v) is 1.52. The predicted octanol–water partition coefficient (Wildman–Crippen LogP) is 2.40. The van der Waals surface area contributed by atoms with E-state index in [-0.39, 0.29) is 5.69 Å². The summed E-state index contributed by atoms with van der Waals surface area (Å²) in [4.78, 5) is 10.2. The van der Waals surface area contributed by atoms with Gasteiger partial charge in [-0.15, -0.1) is 0 Å². The molecule has 0 radical (unpaired) electrons. The van der Waals surface area contributed by atoms with Crippen LogP contribution in [0.2, 0.25) is 0 Å². The number of hydrogen-bond acceptors (Lipinski definition) is 3. The Morgan fingerprint density at radius 1 is 1.43 bits per heavy atom. The minimum Gasteiger partial charge on any atom is -0.258 e. The summed E-state index contributed by atoms with van der Waals surface area (Å²) >= 11 is 0. The Hall–Kier alpha value is -1.48. The fourth-order valence-electron chi connectivity index (χ4n) is 1.04. The van der Waals surface area contributed by atoms with Crippen molar-refractivity contribution in [3.63, 3.8) is 0 Å². The van der Waals surface area contributed by atoms with Gasteiger partial charge in [0.2, 0.25) is 0 Å². The Morgan fingerprint density at radius 2 is 2.00 bits per heavy atom. The highest BCUT2D eigenvalue weighted by Gasteiger charge is 2.24. The molecule has 1 aromatic rings. The molecule has 1 unspecified atom stereocenters. The molecule has 0 saturated heterocycles. The minimum atomic E-state index is -1.60. The van der Waals surface area contributed by atoms with Crippen molar-refractivity contribution >= 4 is 19.3 Å². The molecule has 14 heavy (non-hydrogen) atoms. The van der Waals surface area contributed by atoms with Crippen molar-refractivity contribution in [2.75, 3.05) is 18.4 Å². The number of hydrogen-bond donors (Lipinski definition) is 0. The van der Waals surface area contributed by atoms with Crippen LogP contribution in [0, 0.1) is 10.1 Å². The molecule has 0 aliphatic rings. The maximum atomic E-state index is 11.2. The number of benzene rings is 1. The second-order valence-electron chi connectivity index (χ2n) is 2.73. The van der Waals surface area contributed by atoms with Gasteiger partial charge in [-0.3, -0.25) is 10.1 Å². The van der Waals surface area contributed by atoms with Crippen molar-refractivity contribution in [2.45, 2.75) is 0 Å². The lowest BCUT2D eigenvalue weighted by molar-refractivity contribution is -0.384. The van der Waals surface area contributed by atoms with Gasteiger partial charge in [0.05, 0.1) is 12.0 Å². The molecule has 0 fully saturated rings. The van der Waals surface area contributed by atoms with E-state index in [1.54, 1.807) is 25.2 Å². The molecule has 0 aliphatic carbocycles. The first-order chi connectivity index (χ1) is 6.54. The molecule has 0 amide bonds. The van der Waals surface area contributed by atoms with Crippen LogP contribution in [0.4, 0.5) is 11.4 Å². The van der Waals surface area contributed by atoms with Gasteiger partial charge in [-0.2, -0.15) is 4.67 Å². The lowest BCUT2D eigenvalue weighted by Crippen LogP contribution is -2.07. The monoisotopic (exact) mass is 213 g/mol. The normalized spacial score (nSPS) is 10.9. The molecule has 74 valence electrons. The molecule has 0 saturated carbocycles. The Morgan fingerprint density at radius 3 is 2.50 bits per heavy atom. The highest BCUT2D eigenvalue weighted by atomic mass is 31.1. The first-order valence-electron chi connectivity index (χ1n) is 3.92.